The summed E-state index contributed by atoms with van der Waals surface area (Å²) in [5.74, 6) is 0. The molecule has 1 atom stereocenters. The van der Waals surface area contributed by atoms with Crippen LogP contribution in [0.3, 0.4) is 0 Å². The Morgan fingerprint density at radius 3 is 3.12 bits per heavy atom. The second-order valence-electron chi connectivity index (χ2n) is 4.04. The quantitative estimate of drug-likeness (QED) is 0.846. The summed E-state index contributed by atoms with van der Waals surface area (Å²) in [6.07, 6.45) is 5.91. The van der Waals surface area contributed by atoms with Gasteiger partial charge in [0.05, 0.1) is 18.1 Å². The van der Waals surface area contributed by atoms with E-state index in [4.69, 9.17) is 11.6 Å². The molecule has 2 aromatic rings. The zero-order valence-corrected chi connectivity index (χ0v) is 10.7. The summed E-state index contributed by atoms with van der Waals surface area (Å²) in [7, 11) is 0. The Morgan fingerprint density at radius 1 is 1.47 bits per heavy atom. The molecule has 0 bridgehead atoms. The molecule has 0 spiro atoms. The lowest BCUT2D eigenvalue weighted by atomic mass is 10.2. The van der Waals surface area contributed by atoms with Gasteiger partial charge >= 0.3 is 0 Å². The molecule has 3 heterocycles. The van der Waals surface area contributed by atoms with Crippen LogP contribution < -0.4 is 5.32 Å². The van der Waals surface area contributed by atoms with Crippen molar-refractivity contribution in [2.24, 2.45) is 0 Å². The van der Waals surface area contributed by atoms with Gasteiger partial charge < -0.3 is 5.32 Å². The normalized spacial score (nSPS) is 19.5. The van der Waals surface area contributed by atoms with Crippen molar-refractivity contribution >= 4 is 35.0 Å². The van der Waals surface area contributed by atoms with Gasteiger partial charge in [-0.3, -0.25) is 0 Å². The van der Waals surface area contributed by atoms with Crippen molar-refractivity contribution < 1.29 is 0 Å². The third-order valence-corrected chi connectivity index (χ3v) is 3.09. The summed E-state index contributed by atoms with van der Waals surface area (Å²) in [5, 5.41) is 8.96. The highest BCUT2D eigenvalue weighted by molar-refractivity contribution is 6.28. The molecule has 0 amide bonds. The van der Waals surface area contributed by atoms with Crippen LogP contribution >= 0.6 is 24.0 Å². The summed E-state index contributed by atoms with van der Waals surface area (Å²) >= 11 is 5.79. The Hall–Kier alpha value is -0.910. The first kappa shape index (κ1) is 12.5. The monoisotopic (exact) mass is 273 g/mol. The Labute approximate surface area is 110 Å². The van der Waals surface area contributed by atoms with Gasteiger partial charge in [0.15, 0.2) is 5.65 Å². The molecule has 92 valence electrons. The van der Waals surface area contributed by atoms with Gasteiger partial charge in [-0.15, -0.1) is 12.4 Å². The van der Waals surface area contributed by atoms with E-state index in [2.05, 4.69) is 20.4 Å². The Morgan fingerprint density at radius 2 is 2.35 bits per heavy atom. The van der Waals surface area contributed by atoms with E-state index >= 15 is 0 Å². The predicted molar refractivity (Wildman–Crippen MR) is 68.6 cm³/mol. The molecule has 0 aromatic carbocycles. The number of nitrogens with one attached hydrogen (secondary N) is 1. The average Bonchev–Trinajstić information content (AvgIpc) is 2.90. The molecule has 1 N–H and O–H groups in total. The van der Waals surface area contributed by atoms with Crippen molar-refractivity contribution in [1.82, 2.24) is 25.1 Å². The molecular formula is C10H13Cl2N5. The number of hydrogen-bond acceptors (Lipinski definition) is 4. The van der Waals surface area contributed by atoms with Gasteiger partial charge in [0.1, 0.15) is 0 Å². The van der Waals surface area contributed by atoms with Crippen LogP contribution in [0.15, 0.2) is 12.4 Å². The molecular weight excluding hydrogens is 261 g/mol. The first-order chi connectivity index (χ1) is 7.83. The van der Waals surface area contributed by atoms with Crippen LogP contribution in [0.1, 0.15) is 12.8 Å². The first-order valence-electron chi connectivity index (χ1n) is 5.40. The summed E-state index contributed by atoms with van der Waals surface area (Å²) in [5.41, 5.74) is 0.814. The average molecular weight is 274 g/mol. The van der Waals surface area contributed by atoms with Crippen LogP contribution in [0.2, 0.25) is 5.28 Å². The fraction of sp³-hybridized carbons (Fsp3) is 0.500. The van der Waals surface area contributed by atoms with E-state index in [-0.39, 0.29) is 17.7 Å². The smallest absolute Gasteiger partial charge is 0.224 e. The lowest BCUT2D eigenvalue weighted by Gasteiger charge is -2.10. The maximum atomic E-state index is 5.79. The largest absolute Gasteiger partial charge is 0.312 e. The van der Waals surface area contributed by atoms with Gasteiger partial charge in [-0.2, -0.15) is 10.1 Å². The molecule has 0 aliphatic carbocycles. The van der Waals surface area contributed by atoms with Crippen molar-refractivity contribution in [3.05, 3.63) is 17.7 Å². The predicted octanol–water partition coefficient (Wildman–Crippen LogP) is 1.65. The van der Waals surface area contributed by atoms with Gasteiger partial charge in [0.2, 0.25) is 5.28 Å². The fourth-order valence-corrected chi connectivity index (χ4v) is 2.23. The van der Waals surface area contributed by atoms with E-state index in [9.17, 15) is 0 Å². The van der Waals surface area contributed by atoms with Crippen molar-refractivity contribution in [3.8, 4) is 0 Å². The van der Waals surface area contributed by atoms with Crippen molar-refractivity contribution in [3.63, 3.8) is 0 Å². The van der Waals surface area contributed by atoms with Crippen LogP contribution in [-0.2, 0) is 6.54 Å². The van der Waals surface area contributed by atoms with Crippen molar-refractivity contribution in [2.75, 3.05) is 6.54 Å². The van der Waals surface area contributed by atoms with Crippen LogP contribution in [0.4, 0.5) is 0 Å². The Bertz CT molecular complexity index is 506. The lowest BCUT2D eigenvalue weighted by molar-refractivity contribution is 0.484. The number of hydrogen-bond donors (Lipinski definition) is 1. The molecule has 0 radical (unpaired) electrons. The summed E-state index contributed by atoms with van der Waals surface area (Å²) in [4.78, 5) is 8.14. The molecule has 7 heteroatoms. The highest BCUT2D eigenvalue weighted by Crippen LogP contribution is 2.14. The molecule has 17 heavy (non-hydrogen) atoms. The number of nitrogens with zero attached hydrogens (tertiary/aromatic N) is 4. The summed E-state index contributed by atoms with van der Waals surface area (Å²) < 4.78 is 1.89. The second kappa shape index (κ2) is 5.16. The number of fused-ring (bicyclic) bond motifs is 1. The van der Waals surface area contributed by atoms with E-state index in [1.54, 1.807) is 12.4 Å². The van der Waals surface area contributed by atoms with Gasteiger partial charge in [-0.05, 0) is 31.0 Å². The molecule has 0 saturated carbocycles. The third kappa shape index (κ3) is 2.51. The molecule has 1 aliphatic rings. The van der Waals surface area contributed by atoms with Gasteiger partial charge in [-0.1, -0.05) is 0 Å². The van der Waals surface area contributed by atoms with Crippen LogP contribution in [0.25, 0.3) is 11.0 Å². The molecule has 1 saturated heterocycles. The van der Waals surface area contributed by atoms with Crippen molar-refractivity contribution in [1.29, 1.82) is 0 Å². The Balaban J connectivity index is 0.00000108. The fourth-order valence-electron chi connectivity index (χ4n) is 2.10. The number of rotatable bonds is 2. The van der Waals surface area contributed by atoms with Crippen LogP contribution in [0.5, 0.6) is 0 Å². The summed E-state index contributed by atoms with van der Waals surface area (Å²) in [6, 6.07) is 0.497. The number of halogens is 2. The topological polar surface area (TPSA) is 55.6 Å². The van der Waals surface area contributed by atoms with E-state index in [0.29, 0.717) is 6.04 Å². The standard InChI is InChI=1S/C10H12ClN5.ClH/c11-10-13-4-7-5-14-16(9(7)15-10)6-8-2-1-3-12-8;/h4-5,8,12H,1-3,6H2;1H/t8-;/m0./s1. The maximum absolute atomic E-state index is 5.79. The van der Waals surface area contributed by atoms with Gasteiger partial charge in [0, 0.05) is 12.2 Å². The first-order valence-corrected chi connectivity index (χ1v) is 5.78. The minimum Gasteiger partial charge on any atom is -0.312 e. The molecule has 1 aliphatic heterocycles. The lowest BCUT2D eigenvalue weighted by Crippen LogP contribution is -2.27. The highest BCUT2D eigenvalue weighted by Gasteiger charge is 2.16. The van der Waals surface area contributed by atoms with E-state index in [1.807, 2.05) is 4.68 Å². The highest BCUT2D eigenvalue weighted by atomic mass is 35.5. The Kier molecular flexibility index (Phi) is 3.81. The molecule has 1 fully saturated rings. The van der Waals surface area contributed by atoms with E-state index in [0.717, 1.165) is 24.1 Å². The second-order valence-corrected chi connectivity index (χ2v) is 4.38. The molecule has 5 nitrogen and oxygen atoms in total. The van der Waals surface area contributed by atoms with Crippen LogP contribution in [0, 0.1) is 0 Å². The molecule has 3 rings (SSSR count). The van der Waals surface area contributed by atoms with Crippen LogP contribution in [-0.4, -0.2) is 32.3 Å². The van der Waals surface area contributed by atoms with Crippen molar-refractivity contribution in [2.45, 2.75) is 25.4 Å². The van der Waals surface area contributed by atoms with Gasteiger partial charge in [-0.25, -0.2) is 9.67 Å². The summed E-state index contributed by atoms with van der Waals surface area (Å²) in [6.45, 7) is 1.94. The van der Waals surface area contributed by atoms with E-state index in [1.165, 1.54) is 12.8 Å². The zero-order valence-electron chi connectivity index (χ0n) is 9.14. The molecule has 0 unspecified atom stereocenters. The minimum absolute atomic E-state index is 0. The third-order valence-electron chi connectivity index (χ3n) is 2.90. The number of aromatic nitrogens is 4. The minimum atomic E-state index is 0. The molecule has 2 aromatic heterocycles. The van der Waals surface area contributed by atoms with E-state index < -0.39 is 0 Å². The van der Waals surface area contributed by atoms with Gasteiger partial charge in [0.25, 0.3) is 0 Å². The SMILES string of the molecule is Cl.Clc1ncc2cnn(C[C@@H]3CCCN3)c2n1. The maximum Gasteiger partial charge on any atom is 0.224 e. The zero-order chi connectivity index (χ0) is 11.0.